The second-order valence-electron chi connectivity index (χ2n) is 6.05. The first-order valence-electron chi connectivity index (χ1n) is 8.18. The summed E-state index contributed by atoms with van der Waals surface area (Å²) in [4.78, 5) is 16.2. The van der Waals surface area contributed by atoms with E-state index in [-0.39, 0.29) is 17.3 Å². The number of aromatic nitrogens is 1. The first-order chi connectivity index (χ1) is 10.9. The third-order valence-corrected chi connectivity index (χ3v) is 3.77. The van der Waals surface area contributed by atoms with Crippen LogP contribution < -0.4 is 5.32 Å². The van der Waals surface area contributed by atoms with Crippen LogP contribution in [0.25, 0.3) is 10.9 Å². The molecule has 1 unspecified atom stereocenters. The molecule has 3 nitrogen and oxygen atoms in total. The minimum absolute atomic E-state index is 0.235. The number of fused-ring (bicyclic) bond motifs is 1. The van der Waals surface area contributed by atoms with E-state index >= 15 is 0 Å². The summed E-state index contributed by atoms with van der Waals surface area (Å²) in [6.45, 7) is 10.5. The maximum atomic E-state index is 14.0. The molecule has 2 aromatic rings. The normalized spacial score (nSPS) is 11.8. The number of pyridine rings is 1. The highest BCUT2D eigenvalue weighted by Crippen LogP contribution is 2.26. The van der Waals surface area contributed by atoms with Crippen molar-refractivity contribution in [2.75, 3.05) is 7.05 Å². The van der Waals surface area contributed by atoms with Crippen LogP contribution in [0, 0.1) is 11.7 Å². The van der Waals surface area contributed by atoms with Gasteiger partial charge in [-0.1, -0.05) is 47.1 Å². The van der Waals surface area contributed by atoms with E-state index in [2.05, 4.69) is 44.9 Å². The van der Waals surface area contributed by atoms with E-state index in [9.17, 15) is 9.18 Å². The van der Waals surface area contributed by atoms with Crippen LogP contribution in [0.2, 0.25) is 0 Å². The van der Waals surface area contributed by atoms with Gasteiger partial charge < -0.3 is 5.32 Å². The number of halogens is 1. The van der Waals surface area contributed by atoms with E-state index in [0.29, 0.717) is 16.9 Å². The van der Waals surface area contributed by atoms with Gasteiger partial charge in [0.2, 0.25) is 0 Å². The van der Waals surface area contributed by atoms with Gasteiger partial charge in [-0.25, -0.2) is 9.37 Å². The zero-order chi connectivity index (χ0) is 17.6. The van der Waals surface area contributed by atoms with Gasteiger partial charge in [-0.05, 0) is 24.1 Å². The highest BCUT2D eigenvalue weighted by atomic mass is 19.1. The second kappa shape index (κ2) is 8.61. The lowest BCUT2D eigenvalue weighted by Crippen LogP contribution is -2.18. The average molecular weight is 318 g/mol. The van der Waals surface area contributed by atoms with Crippen molar-refractivity contribution in [3.8, 4) is 0 Å². The van der Waals surface area contributed by atoms with E-state index in [1.807, 2.05) is 6.07 Å². The van der Waals surface area contributed by atoms with Crippen molar-refractivity contribution in [3.63, 3.8) is 0 Å². The first kappa shape index (κ1) is 19.1. The SMILES string of the molecule is CCC.CNC(=O)c1ccc(F)c2nc(C(C)C(C)C)ccc12. The molecule has 0 saturated heterocycles. The molecule has 1 heterocycles. The van der Waals surface area contributed by atoms with Crippen molar-refractivity contribution in [2.24, 2.45) is 5.92 Å². The molecule has 0 spiro atoms. The lowest BCUT2D eigenvalue weighted by atomic mass is 9.93. The Morgan fingerprint density at radius 2 is 1.78 bits per heavy atom. The van der Waals surface area contributed by atoms with E-state index in [1.165, 1.54) is 18.6 Å². The maximum Gasteiger partial charge on any atom is 0.251 e. The number of nitrogens with one attached hydrogen (secondary N) is 1. The van der Waals surface area contributed by atoms with E-state index in [0.717, 1.165) is 5.69 Å². The molecule has 0 aliphatic carbocycles. The van der Waals surface area contributed by atoms with Gasteiger partial charge in [-0.3, -0.25) is 4.79 Å². The van der Waals surface area contributed by atoms with Gasteiger partial charge in [0.25, 0.3) is 5.91 Å². The minimum atomic E-state index is -0.398. The molecule has 0 radical (unpaired) electrons. The van der Waals surface area contributed by atoms with Crippen molar-refractivity contribution < 1.29 is 9.18 Å². The Morgan fingerprint density at radius 1 is 1.17 bits per heavy atom. The molecular formula is C19H27FN2O. The standard InChI is InChI=1S/C16H19FN2O.C3H8/c1-9(2)10(3)14-8-6-11-12(16(20)18-4)5-7-13(17)15(11)19-14;1-3-2/h5-10H,1-4H3,(H,18,20);3H2,1-2H3. The summed E-state index contributed by atoms with van der Waals surface area (Å²) in [5.74, 6) is 0.0273. The predicted molar refractivity (Wildman–Crippen MR) is 94.3 cm³/mol. The largest absolute Gasteiger partial charge is 0.355 e. The van der Waals surface area contributed by atoms with Crippen molar-refractivity contribution in [2.45, 2.75) is 47.0 Å². The number of hydrogen-bond donors (Lipinski definition) is 1. The monoisotopic (exact) mass is 318 g/mol. The quantitative estimate of drug-likeness (QED) is 0.873. The summed E-state index contributed by atoms with van der Waals surface area (Å²) in [5, 5.41) is 3.10. The van der Waals surface area contributed by atoms with Crippen LogP contribution in [0.1, 0.15) is 63.0 Å². The average Bonchev–Trinajstić information content (AvgIpc) is 2.54. The number of amides is 1. The molecule has 0 bridgehead atoms. The molecule has 1 amide bonds. The lowest BCUT2D eigenvalue weighted by Gasteiger charge is -2.16. The minimum Gasteiger partial charge on any atom is -0.355 e. The van der Waals surface area contributed by atoms with E-state index < -0.39 is 5.82 Å². The van der Waals surface area contributed by atoms with Gasteiger partial charge in [0.1, 0.15) is 11.3 Å². The number of rotatable bonds is 3. The Morgan fingerprint density at radius 3 is 2.30 bits per heavy atom. The molecule has 126 valence electrons. The summed E-state index contributed by atoms with van der Waals surface area (Å²) in [5.41, 5.74) is 1.55. The molecule has 23 heavy (non-hydrogen) atoms. The number of benzene rings is 1. The third-order valence-electron chi connectivity index (χ3n) is 3.77. The van der Waals surface area contributed by atoms with Crippen LogP contribution in [0.5, 0.6) is 0 Å². The first-order valence-corrected chi connectivity index (χ1v) is 8.18. The Kier molecular flexibility index (Phi) is 7.14. The van der Waals surface area contributed by atoms with Gasteiger partial charge in [-0.2, -0.15) is 0 Å². The van der Waals surface area contributed by atoms with Gasteiger partial charge in [0.05, 0.1) is 0 Å². The molecule has 1 atom stereocenters. The Hall–Kier alpha value is -1.97. The van der Waals surface area contributed by atoms with Crippen molar-refractivity contribution in [1.82, 2.24) is 10.3 Å². The highest BCUT2D eigenvalue weighted by molar-refractivity contribution is 6.06. The van der Waals surface area contributed by atoms with Gasteiger partial charge in [0.15, 0.2) is 0 Å². The van der Waals surface area contributed by atoms with E-state index in [1.54, 1.807) is 13.1 Å². The summed E-state index contributed by atoms with van der Waals surface area (Å²) in [6.07, 6.45) is 1.25. The fourth-order valence-electron chi connectivity index (χ4n) is 2.13. The third kappa shape index (κ3) is 4.50. The fourth-order valence-corrected chi connectivity index (χ4v) is 2.13. The predicted octanol–water partition coefficient (Wildman–Crippen LogP) is 4.91. The zero-order valence-corrected chi connectivity index (χ0v) is 14.9. The lowest BCUT2D eigenvalue weighted by molar-refractivity contribution is 0.0964. The van der Waals surface area contributed by atoms with Gasteiger partial charge in [-0.15, -0.1) is 0 Å². The molecule has 1 N–H and O–H groups in total. The second-order valence-corrected chi connectivity index (χ2v) is 6.05. The molecule has 1 aromatic carbocycles. The fraction of sp³-hybridized carbons (Fsp3) is 0.474. The van der Waals surface area contributed by atoms with Crippen LogP contribution in [0.3, 0.4) is 0 Å². The number of carbonyl (C=O) groups is 1. The summed E-state index contributed by atoms with van der Waals surface area (Å²) in [7, 11) is 1.56. The number of carbonyl (C=O) groups excluding carboxylic acids is 1. The van der Waals surface area contributed by atoms with Crippen molar-refractivity contribution in [1.29, 1.82) is 0 Å². The Balaban J connectivity index is 0.000000816. The summed E-state index contributed by atoms with van der Waals surface area (Å²) >= 11 is 0. The van der Waals surface area contributed by atoms with Crippen LogP contribution in [-0.4, -0.2) is 17.9 Å². The maximum absolute atomic E-state index is 14.0. The van der Waals surface area contributed by atoms with Crippen molar-refractivity contribution >= 4 is 16.8 Å². The summed E-state index contributed by atoms with van der Waals surface area (Å²) in [6, 6.07) is 6.44. The highest BCUT2D eigenvalue weighted by Gasteiger charge is 2.16. The molecule has 0 aliphatic heterocycles. The molecule has 1 aromatic heterocycles. The topological polar surface area (TPSA) is 42.0 Å². The zero-order valence-electron chi connectivity index (χ0n) is 14.9. The van der Waals surface area contributed by atoms with Crippen LogP contribution >= 0.6 is 0 Å². The molecule has 2 rings (SSSR count). The van der Waals surface area contributed by atoms with Gasteiger partial charge in [0, 0.05) is 29.6 Å². The number of nitrogens with zero attached hydrogens (tertiary/aromatic N) is 1. The molecule has 0 aliphatic rings. The Labute approximate surface area is 138 Å². The molecule has 0 fully saturated rings. The molecule has 0 saturated carbocycles. The van der Waals surface area contributed by atoms with E-state index in [4.69, 9.17) is 0 Å². The van der Waals surface area contributed by atoms with Crippen LogP contribution in [0.4, 0.5) is 4.39 Å². The summed E-state index contributed by atoms with van der Waals surface area (Å²) < 4.78 is 14.0. The molecule has 4 heteroatoms. The van der Waals surface area contributed by atoms with Crippen LogP contribution in [-0.2, 0) is 0 Å². The van der Waals surface area contributed by atoms with Crippen molar-refractivity contribution in [3.05, 3.63) is 41.3 Å². The van der Waals surface area contributed by atoms with Crippen LogP contribution in [0.15, 0.2) is 24.3 Å². The smallest absolute Gasteiger partial charge is 0.251 e. The number of hydrogen-bond acceptors (Lipinski definition) is 2. The van der Waals surface area contributed by atoms with Gasteiger partial charge >= 0.3 is 0 Å². The Bertz CT molecular complexity index is 668. The molecular weight excluding hydrogens is 291 g/mol.